The average Bonchev–Trinajstić information content (AvgIpc) is 2.96. The number of halogens is 1. The lowest BCUT2D eigenvalue weighted by molar-refractivity contribution is 0.0517. The van der Waals surface area contributed by atoms with E-state index < -0.39 is 11.7 Å². The molecule has 126 valence electrons. The van der Waals surface area contributed by atoms with E-state index in [9.17, 15) is 9.59 Å². The molecule has 0 fully saturated rings. The monoisotopic (exact) mass is 390 g/mol. The molecule has 0 unspecified atom stereocenters. The second kappa shape index (κ2) is 6.16. The molecule has 6 heteroatoms. The highest BCUT2D eigenvalue weighted by Crippen LogP contribution is 2.34. The number of ether oxygens (including phenoxy) is 1. The van der Waals surface area contributed by atoms with Crippen LogP contribution in [0.1, 0.15) is 42.3 Å². The van der Waals surface area contributed by atoms with Gasteiger partial charge >= 0.3 is 6.09 Å². The number of hydrogen-bond acceptors (Lipinski definition) is 4. The Kier molecular flexibility index (Phi) is 4.34. The molecule has 0 saturated carbocycles. The van der Waals surface area contributed by atoms with Crippen molar-refractivity contribution in [3.8, 4) is 11.3 Å². The number of carbonyl (C=O) groups excluding carboxylic acids is 2. The molecule has 0 amide bonds. The highest BCUT2D eigenvalue weighted by molar-refractivity contribution is 9.09. The fraction of sp³-hybridized carbons (Fsp3) is 0.389. The standard InChI is InChI=1S/C18H19BrN2O3/c1-18(2,3)24-17(23)21-16-13(10-20-21)5-4-11-8-12(15(22)9-19)6-7-14(11)16/h6-8,10H,4-5,9H2,1-3H3. The number of ketones is 1. The van der Waals surface area contributed by atoms with Crippen molar-refractivity contribution in [2.24, 2.45) is 0 Å². The molecule has 1 aromatic carbocycles. The van der Waals surface area contributed by atoms with Crippen molar-refractivity contribution in [2.45, 2.75) is 39.2 Å². The van der Waals surface area contributed by atoms with Gasteiger partial charge in [-0.05, 0) is 50.8 Å². The summed E-state index contributed by atoms with van der Waals surface area (Å²) in [6.07, 6.45) is 2.85. The van der Waals surface area contributed by atoms with Crippen LogP contribution in [-0.4, -0.2) is 32.6 Å². The summed E-state index contributed by atoms with van der Waals surface area (Å²) in [7, 11) is 0. The molecule has 0 N–H and O–H groups in total. The summed E-state index contributed by atoms with van der Waals surface area (Å²) in [5, 5.41) is 4.52. The Balaban J connectivity index is 2.03. The topological polar surface area (TPSA) is 61.2 Å². The van der Waals surface area contributed by atoms with Gasteiger partial charge in [-0.2, -0.15) is 9.78 Å². The Morgan fingerprint density at radius 3 is 2.62 bits per heavy atom. The van der Waals surface area contributed by atoms with Crippen LogP contribution in [0.25, 0.3) is 11.3 Å². The van der Waals surface area contributed by atoms with E-state index >= 15 is 0 Å². The molecule has 0 spiro atoms. The van der Waals surface area contributed by atoms with Crippen LogP contribution in [0.5, 0.6) is 0 Å². The zero-order chi connectivity index (χ0) is 17.5. The molecule has 0 saturated heterocycles. The van der Waals surface area contributed by atoms with Crippen molar-refractivity contribution in [3.63, 3.8) is 0 Å². The number of benzene rings is 1. The maximum absolute atomic E-state index is 12.4. The molecule has 1 heterocycles. The second-order valence-electron chi connectivity index (χ2n) is 6.84. The molecule has 1 aliphatic rings. The van der Waals surface area contributed by atoms with E-state index in [-0.39, 0.29) is 5.78 Å². The van der Waals surface area contributed by atoms with Crippen LogP contribution >= 0.6 is 15.9 Å². The largest absolute Gasteiger partial charge is 0.442 e. The van der Waals surface area contributed by atoms with Gasteiger partial charge < -0.3 is 4.74 Å². The van der Waals surface area contributed by atoms with E-state index in [0.717, 1.165) is 35.2 Å². The number of carbonyl (C=O) groups is 2. The van der Waals surface area contributed by atoms with Gasteiger partial charge in [-0.1, -0.05) is 28.1 Å². The SMILES string of the molecule is CC(C)(C)OC(=O)n1ncc2c1-c1ccc(C(=O)CBr)cc1CC2. The third-order valence-electron chi connectivity index (χ3n) is 3.88. The van der Waals surface area contributed by atoms with Crippen LogP contribution in [-0.2, 0) is 17.6 Å². The highest BCUT2D eigenvalue weighted by Gasteiger charge is 2.27. The van der Waals surface area contributed by atoms with Gasteiger partial charge in [0.1, 0.15) is 5.60 Å². The lowest BCUT2D eigenvalue weighted by atomic mass is 9.88. The summed E-state index contributed by atoms with van der Waals surface area (Å²) in [5.41, 5.74) is 3.87. The fourth-order valence-electron chi connectivity index (χ4n) is 2.85. The molecule has 2 aromatic rings. The Hall–Kier alpha value is -1.95. The van der Waals surface area contributed by atoms with Crippen molar-refractivity contribution in [3.05, 3.63) is 41.1 Å². The Bertz CT molecular complexity index is 818. The molecule has 1 aromatic heterocycles. The predicted octanol–water partition coefficient (Wildman–Crippen LogP) is 4.01. The number of hydrogen-bond donors (Lipinski definition) is 0. The minimum Gasteiger partial charge on any atom is -0.442 e. The van der Waals surface area contributed by atoms with Crippen molar-refractivity contribution in [2.75, 3.05) is 5.33 Å². The van der Waals surface area contributed by atoms with Gasteiger partial charge in [-0.3, -0.25) is 4.79 Å². The van der Waals surface area contributed by atoms with Gasteiger partial charge in [0.15, 0.2) is 5.78 Å². The van der Waals surface area contributed by atoms with E-state index in [0.29, 0.717) is 10.9 Å². The molecular formula is C18H19BrN2O3. The first-order valence-corrected chi connectivity index (χ1v) is 8.95. The molecule has 0 aliphatic heterocycles. The molecule has 3 rings (SSSR count). The maximum Gasteiger partial charge on any atom is 0.435 e. The molecular weight excluding hydrogens is 372 g/mol. The van der Waals surface area contributed by atoms with Crippen molar-refractivity contribution < 1.29 is 14.3 Å². The number of nitrogens with zero attached hydrogens (tertiary/aromatic N) is 2. The average molecular weight is 391 g/mol. The van der Waals surface area contributed by atoms with Gasteiger partial charge in [0, 0.05) is 11.1 Å². The smallest absolute Gasteiger partial charge is 0.435 e. The van der Waals surface area contributed by atoms with E-state index in [4.69, 9.17) is 4.74 Å². The molecule has 0 radical (unpaired) electrons. The fourth-order valence-corrected chi connectivity index (χ4v) is 3.17. The first kappa shape index (κ1) is 16.9. The quantitative estimate of drug-likeness (QED) is 0.573. The normalized spacial score (nSPS) is 13.2. The van der Waals surface area contributed by atoms with Crippen LogP contribution in [0.3, 0.4) is 0 Å². The van der Waals surface area contributed by atoms with Crippen LogP contribution in [0.4, 0.5) is 4.79 Å². The van der Waals surface area contributed by atoms with Crippen LogP contribution in [0.2, 0.25) is 0 Å². The molecule has 0 atom stereocenters. The van der Waals surface area contributed by atoms with Crippen LogP contribution in [0, 0.1) is 0 Å². The Morgan fingerprint density at radius 2 is 1.96 bits per heavy atom. The second-order valence-corrected chi connectivity index (χ2v) is 7.40. The number of fused-ring (bicyclic) bond motifs is 3. The number of alkyl halides is 1. The van der Waals surface area contributed by atoms with Crippen LogP contribution in [0.15, 0.2) is 24.4 Å². The third-order valence-corrected chi connectivity index (χ3v) is 4.39. The van der Waals surface area contributed by atoms with Crippen molar-refractivity contribution in [1.82, 2.24) is 9.78 Å². The zero-order valence-corrected chi connectivity index (χ0v) is 15.5. The lowest BCUT2D eigenvalue weighted by Gasteiger charge is -2.22. The lowest BCUT2D eigenvalue weighted by Crippen LogP contribution is -2.28. The number of aryl methyl sites for hydroxylation is 2. The van der Waals surface area contributed by atoms with Gasteiger partial charge in [-0.25, -0.2) is 4.79 Å². The summed E-state index contributed by atoms with van der Waals surface area (Å²) in [4.78, 5) is 24.3. The maximum atomic E-state index is 12.4. The summed E-state index contributed by atoms with van der Waals surface area (Å²) in [5.74, 6) is 0.0456. The minimum absolute atomic E-state index is 0.0456. The third kappa shape index (κ3) is 3.15. The number of Topliss-reactive ketones (excluding diaryl/α,β-unsaturated/α-hetero) is 1. The molecule has 24 heavy (non-hydrogen) atoms. The van der Waals surface area contributed by atoms with Gasteiger partial charge in [0.05, 0.1) is 17.2 Å². The predicted molar refractivity (Wildman–Crippen MR) is 94.8 cm³/mol. The Labute approximate surface area is 149 Å². The number of aromatic nitrogens is 2. The first-order valence-electron chi connectivity index (χ1n) is 7.83. The Morgan fingerprint density at radius 1 is 1.25 bits per heavy atom. The minimum atomic E-state index is -0.584. The molecule has 0 bridgehead atoms. The summed E-state index contributed by atoms with van der Waals surface area (Å²) < 4.78 is 6.77. The molecule has 1 aliphatic carbocycles. The van der Waals surface area contributed by atoms with Gasteiger partial charge in [0.2, 0.25) is 0 Å². The van der Waals surface area contributed by atoms with E-state index in [1.54, 1.807) is 12.3 Å². The summed E-state index contributed by atoms with van der Waals surface area (Å²) >= 11 is 3.20. The highest BCUT2D eigenvalue weighted by atomic mass is 79.9. The summed E-state index contributed by atoms with van der Waals surface area (Å²) in [6.45, 7) is 5.48. The summed E-state index contributed by atoms with van der Waals surface area (Å²) in [6, 6.07) is 5.60. The number of rotatable bonds is 2. The van der Waals surface area contributed by atoms with Crippen molar-refractivity contribution in [1.29, 1.82) is 0 Å². The van der Waals surface area contributed by atoms with E-state index in [1.807, 2.05) is 32.9 Å². The molecule has 5 nitrogen and oxygen atoms in total. The van der Waals surface area contributed by atoms with Crippen LogP contribution < -0.4 is 0 Å². The van der Waals surface area contributed by atoms with Crippen molar-refractivity contribution >= 4 is 27.8 Å². The van der Waals surface area contributed by atoms with Gasteiger partial charge in [-0.15, -0.1) is 0 Å². The van der Waals surface area contributed by atoms with Gasteiger partial charge in [0.25, 0.3) is 0 Å². The van der Waals surface area contributed by atoms with E-state index in [1.165, 1.54) is 4.68 Å². The zero-order valence-electron chi connectivity index (χ0n) is 13.9. The van der Waals surface area contributed by atoms with E-state index in [2.05, 4.69) is 21.0 Å². The first-order chi connectivity index (χ1) is 11.3.